The van der Waals surface area contributed by atoms with Crippen molar-refractivity contribution in [2.75, 3.05) is 54.4 Å². The number of aliphatic imine (C=N–C) groups is 1. The zero-order chi connectivity index (χ0) is 23.9. The fraction of sp³-hybridized carbons (Fsp3) is 0.261. The summed E-state index contributed by atoms with van der Waals surface area (Å²) in [5.74, 6) is 1.43. The molecule has 10 nitrogen and oxygen atoms in total. The maximum atomic E-state index is 15.0. The number of carboxylic acid groups (broad SMARTS) is 1. The molecule has 1 saturated heterocycles. The third kappa shape index (κ3) is 3.95. The number of benzene rings is 1. The van der Waals surface area contributed by atoms with Crippen molar-refractivity contribution in [3.05, 3.63) is 52.4 Å². The lowest BCUT2D eigenvalue weighted by atomic mass is 10.0. The van der Waals surface area contributed by atoms with Gasteiger partial charge in [-0.15, -0.1) is 11.3 Å². The van der Waals surface area contributed by atoms with Crippen LogP contribution in [0.3, 0.4) is 0 Å². The van der Waals surface area contributed by atoms with Crippen LogP contribution in [0.1, 0.15) is 11.3 Å². The summed E-state index contributed by atoms with van der Waals surface area (Å²) in [6.07, 6.45) is 2.79. The van der Waals surface area contributed by atoms with E-state index in [1.165, 1.54) is 22.3 Å². The summed E-state index contributed by atoms with van der Waals surface area (Å²) in [4.78, 5) is 34.6. The number of aromatic nitrogens is 3. The zero-order valence-corrected chi connectivity index (χ0v) is 19.4. The Morgan fingerprint density at radius 1 is 1.14 bits per heavy atom. The summed E-state index contributed by atoms with van der Waals surface area (Å²) in [6, 6.07) is 4.92. The first-order valence-electron chi connectivity index (χ1n) is 11.2. The van der Waals surface area contributed by atoms with Gasteiger partial charge in [-0.25, -0.2) is 19.2 Å². The Morgan fingerprint density at radius 3 is 2.74 bits per heavy atom. The highest BCUT2D eigenvalue weighted by Crippen LogP contribution is 2.35. The van der Waals surface area contributed by atoms with Crippen molar-refractivity contribution in [3.8, 4) is 0 Å². The van der Waals surface area contributed by atoms with E-state index >= 15 is 0 Å². The highest BCUT2D eigenvalue weighted by atomic mass is 32.1. The minimum Gasteiger partial charge on any atom is -0.465 e. The molecule has 1 aromatic carbocycles. The van der Waals surface area contributed by atoms with Crippen LogP contribution in [0.25, 0.3) is 11.6 Å². The molecular formula is C23H21FN8O2S. The Bertz CT molecular complexity index is 1350. The Morgan fingerprint density at radius 2 is 2.00 bits per heavy atom. The van der Waals surface area contributed by atoms with Gasteiger partial charge in [-0.1, -0.05) is 0 Å². The molecular weight excluding hydrogens is 471 g/mol. The predicted octanol–water partition coefficient (Wildman–Crippen LogP) is 3.39. The molecule has 0 unspecified atom stereocenters. The van der Waals surface area contributed by atoms with Gasteiger partial charge < -0.3 is 25.1 Å². The molecule has 0 saturated carbocycles. The molecule has 178 valence electrons. The second-order valence-electron chi connectivity index (χ2n) is 8.31. The van der Waals surface area contributed by atoms with Crippen molar-refractivity contribution in [1.29, 1.82) is 0 Å². The van der Waals surface area contributed by atoms with Gasteiger partial charge >= 0.3 is 6.09 Å². The van der Waals surface area contributed by atoms with Gasteiger partial charge in [-0.3, -0.25) is 4.99 Å². The zero-order valence-electron chi connectivity index (χ0n) is 18.6. The molecule has 5 heterocycles. The van der Waals surface area contributed by atoms with Crippen LogP contribution in [0.4, 0.5) is 32.3 Å². The third-order valence-electron chi connectivity index (χ3n) is 6.26. The molecule has 0 aliphatic carbocycles. The molecule has 3 aromatic rings. The van der Waals surface area contributed by atoms with Crippen LogP contribution in [0, 0.1) is 5.82 Å². The summed E-state index contributed by atoms with van der Waals surface area (Å²) in [5, 5.41) is 14.1. The smallest absolute Gasteiger partial charge is 0.407 e. The number of carbonyl (C=O) groups is 1. The van der Waals surface area contributed by atoms with Crippen molar-refractivity contribution in [2.45, 2.75) is 0 Å². The Kier molecular flexibility index (Phi) is 5.29. The van der Waals surface area contributed by atoms with Crippen LogP contribution in [0.5, 0.6) is 0 Å². The number of hydrogen-bond donors (Lipinski definition) is 2. The van der Waals surface area contributed by atoms with Crippen molar-refractivity contribution in [2.24, 2.45) is 4.99 Å². The van der Waals surface area contributed by atoms with Gasteiger partial charge in [-0.2, -0.15) is 4.98 Å². The summed E-state index contributed by atoms with van der Waals surface area (Å²) in [5.41, 5.74) is 5.46. The van der Waals surface area contributed by atoms with Gasteiger partial charge in [0.2, 0.25) is 5.95 Å². The van der Waals surface area contributed by atoms with Crippen molar-refractivity contribution >= 4 is 58.1 Å². The average Bonchev–Trinajstić information content (AvgIpc) is 3.58. The fourth-order valence-corrected chi connectivity index (χ4v) is 5.03. The van der Waals surface area contributed by atoms with Crippen molar-refractivity contribution in [1.82, 2.24) is 19.9 Å². The minimum absolute atomic E-state index is 0.266. The van der Waals surface area contributed by atoms with E-state index < -0.39 is 11.9 Å². The minimum atomic E-state index is -0.928. The monoisotopic (exact) mass is 492 g/mol. The Labute approximate surface area is 204 Å². The molecule has 3 aliphatic heterocycles. The van der Waals surface area contributed by atoms with E-state index in [0.29, 0.717) is 50.9 Å². The maximum Gasteiger partial charge on any atom is 0.407 e. The number of amidine groups is 1. The average molecular weight is 493 g/mol. The molecule has 12 heteroatoms. The number of anilines is 4. The molecule has 6 rings (SSSR count). The van der Waals surface area contributed by atoms with E-state index in [0.717, 1.165) is 28.5 Å². The number of nitrogens with one attached hydrogen (secondary N) is 1. The molecule has 35 heavy (non-hydrogen) atoms. The van der Waals surface area contributed by atoms with E-state index in [9.17, 15) is 9.18 Å². The first-order valence-corrected chi connectivity index (χ1v) is 12.1. The van der Waals surface area contributed by atoms with E-state index in [1.54, 1.807) is 17.8 Å². The first-order chi connectivity index (χ1) is 17.1. The topological polar surface area (TPSA) is 110 Å². The molecule has 2 N–H and O–H groups in total. The molecule has 0 radical (unpaired) electrons. The Hall–Kier alpha value is -4.06. The summed E-state index contributed by atoms with van der Waals surface area (Å²) < 4.78 is 15.0. The van der Waals surface area contributed by atoms with Gasteiger partial charge in [0.05, 0.1) is 23.4 Å². The summed E-state index contributed by atoms with van der Waals surface area (Å²) >= 11 is 1.53. The second kappa shape index (κ2) is 8.62. The number of piperazine rings is 1. The molecule has 0 spiro atoms. The number of thiazole rings is 1. The SMILES string of the molecule is O=C(O)N1CCN(c2ccc(Nc3ncc4c(n3)N3CCN=C3C(c3cscn3)=C4)c(F)c2)CC1. The highest BCUT2D eigenvalue weighted by molar-refractivity contribution is 7.07. The van der Waals surface area contributed by atoms with Crippen LogP contribution >= 0.6 is 11.3 Å². The van der Waals surface area contributed by atoms with Crippen molar-refractivity contribution < 1.29 is 14.3 Å². The lowest BCUT2D eigenvalue weighted by Gasteiger charge is -2.34. The summed E-state index contributed by atoms with van der Waals surface area (Å²) in [7, 11) is 0. The second-order valence-corrected chi connectivity index (χ2v) is 9.03. The van der Waals surface area contributed by atoms with Gasteiger partial charge in [0.1, 0.15) is 17.5 Å². The number of hydrogen-bond acceptors (Lipinski definition) is 9. The van der Waals surface area contributed by atoms with Gasteiger partial charge in [0.15, 0.2) is 0 Å². The fourth-order valence-electron chi connectivity index (χ4n) is 4.48. The maximum absolute atomic E-state index is 15.0. The Balaban J connectivity index is 1.22. The lowest BCUT2D eigenvalue weighted by Crippen LogP contribution is -2.48. The van der Waals surface area contributed by atoms with Crippen LogP contribution in [0.2, 0.25) is 0 Å². The van der Waals surface area contributed by atoms with Gasteiger partial charge in [0.25, 0.3) is 0 Å². The quantitative estimate of drug-likeness (QED) is 0.570. The number of amides is 1. The van der Waals surface area contributed by atoms with E-state index in [2.05, 4.69) is 25.3 Å². The molecule has 1 amide bonds. The van der Waals surface area contributed by atoms with Crippen LogP contribution in [-0.4, -0.2) is 76.2 Å². The molecule has 0 atom stereocenters. The normalized spacial score (nSPS) is 17.0. The predicted molar refractivity (Wildman–Crippen MR) is 133 cm³/mol. The third-order valence-corrected chi connectivity index (χ3v) is 6.84. The van der Waals surface area contributed by atoms with Crippen LogP contribution in [-0.2, 0) is 0 Å². The number of halogens is 1. The number of rotatable bonds is 4. The first kappa shape index (κ1) is 21.5. The number of nitrogens with zero attached hydrogens (tertiary/aromatic N) is 7. The van der Waals surface area contributed by atoms with E-state index in [4.69, 9.17) is 5.11 Å². The van der Waals surface area contributed by atoms with Crippen LogP contribution < -0.4 is 15.1 Å². The number of fused-ring (bicyclic) bond motifs is 3. The summed E-state index contributed by atoms with van der Waals surface area (Å²) in [6.45, 7) is 3.18. The molecule has 3 aliphatic rings. The molecule has 1 fully saturated rings. The van der Waals surface area contributed by atoms with Crippen molar-refractivity contribution in [3.63, 3.8) is 0 Å². The molecule has 0 bridgehead atoms. The highest BCUT2D eigenvalue weighted by Gasteiger charge is 2.31. The van der Waals surface area contributed by atoms with Gasteiger partial charge in [-0.05, 0) is 24.3 Å². The van der Waals surface area contributed by atoms with Gasteiger partial charge in [0, 0.05) is 61.1 Å². The largest absolute Gasteiger partial charge is 0.465 e. The van der Waals surface area contributed by atoms with E-state index in [-0.39, 0.29) is 5.69 Å². The van der Waals surface area contributed by atoms with Crippen LogP contribution in [0.15, 0.2) is 40.3 Å². The van der Waals surface area contributed by atoms with E-state index in [1.807, 2.05) is 27.3 Å². The lowest BCUT2D eigenvalue weighted by molar-refractivity contribution is 0.142. The standard InChI is InChI=1S/C23H21FN8O2S/c24-17-10-15(30-5-7-31(8-6-30)23(33)34)1-2-18(17)28-22-26-11-14-9-16(19-12-35-13-27-19)21-25-3-4-32(21)20(14)29-22/h1-2,9-13H,3-8H2,(H,33,34)(H,26,28,29). The molecule has 2 aromatic heterocycles.